The van der Waals surface area contributed by atoms with E-state index in [1.165, 1.54) is 5.56 Å². The summed E-state index contributed by atoms with van der Waals surface area (Å²) < 4.78 is 6.10. The topological polar surface area (TPSA) is 65.0 Å². The zero-order chi connectivity index (χ0) is 22.3. The van der Waals surface area contributed by atoms with Crippen LogP contribution >= 0.6 is 24.0 Å². The number of halogens is 1. The third kappa shape index (κ3) is 7.81. The van der Waals surface area contributed by atoms with E-state index in [9.17, 15) is 0 Å². The van der Waals surface area contributed by atoms with Gasteiger partial charge in [-0.1, -0.05) is 24.3 Å². The number of aromatic nitrogens is 1. The van der Waals surface area contributed by atoms with Crippen molar-refractivity contribution in [2.75, 3.05) is 45.2 Å². The average Bonchev–Trinajstić information content (AvgIpc) is 2.75. The zero-order valence-corrected chi connectivity index (χ0v) is 22.2. The van der Waals surface area contributed by atoms with Crippen LogP contribution in [0.5, 0.6) is 5.75 Å². The minimum atomic E-state index is -0.240. The second kappa shape index (κ2) is 12.2. The maximum absolute atomic E-state index is 6.10. The molecule has 0 atom stereocenters. The Morgan fingerprint density at radius 1 is 1.00 bits per heavy atom. The number of likely N-dealkylation sites (N-methyl/N-ethyl adjacent to an activating group) is 1. The highest BCUT2D eigenvalue weighted by atomic mass is 127. The number of hydrogen-bond donors (Lipinski definition) is 2. The molecule has 0 aliphatic carbocycles. The summed E-state index contributed by atoms with van der Waals surface area (Å²) in [4.78, 5) is 13.8. The summed E-state index contributed by atoms with van der Waals surface area (Å²) in [6.07, 6.45) is 1.87. The molecule has 0 spiro atoms. The number of anilines is 1. The van der Waals surface area contributed by atoms with Crippen LogP contribution in [-0.2, 0) is 13.1 Å². The van der Waals surface area contributed by atoms with Crippen molar-refractivity contribution in [3.8, 4) is 5.75 Å². The van der Waals surface area contributed by atoms with Gasteiger partial charge in [0.15, 0.2) is 5.96 Å². The van der Waals surface area contributed by atoms with Crippen LogP contribution in [0.3, 0.4) is 0 Å². The summed E-state index contributed by atoms with van der Waals surface area (Å²) in [6, 6.07) is 12.2. The highest BCUT2D eigenvalue weighted by Gasteiger charge is 2.18. The Balaban J connectivity index is 0.00000363. The van der Waals surface area contributed by atoms with Crippen molar-refractivity contribution in [2.45, 2.75) is 39.5 Å². The van der Waals surface area contributed by atoms with Gasteiger partial charge in [0.2, 0.25) is 0 Å². The van der Waals surface area contributed by atoms with Crippen molar-refractivity contribution < 1.29 is 4.74 Å². The highest BCUT2D eigenvalue weighted by molar-refractivity contribution is 14.0. The lowest BCUT2D eigenvalue weighted by Gasteiger charge is -2.34. The lowest BCUT2D eigenvalue weighted by Crippen LogP contribution is -2.45. The van der Waals surface area contributed by atoms with Gasteiger partial charge in [0.1, 0.15) is 17.2 Å². The van der Waals surface area contributed by atoms with Crippen molar-refractivity contribution in [2.24, 2.45) is 4.99 Å². The summed E-state index contributed by atoms with van der Waals surface area (Å²) in [7, 11) is 3.95. The average molecular weight is 553 g/mol. The van der Waals surface area contributed by atoms with E-state index in [4.69, 9.17) is 4.74 Å². The van der Waals surface area contributed by atoms with Gasteiger partial charge >= 0.3 is 0 Å². The summed E-state index contributed by atoms with van der Waals surface area (Å²) in [5.41, 5.74) is 2.03. The molecule has 2 heterocycles. The van der Waals surface area contributed by atoms with Crippen LogP contribution in [0.2, 0.25) is 0 Å². The molecule has 1 aromatic heterocycles. The standard InChI is InChI=1S/C24H36N6O.HI/c1-24(2,3)31-21-11-7-6-9-19(21)17-27-23(25-4)28-18-20-10-8-12-26-22(20)30-15-13-29(5)14-16-30;/h6-12H,13-18H2,1-5H3,(H2,25,27,28);1H. The number of nitrogens with one attached hydrogen (secondary N) is 2. The Labute approximate surface area is 209 Å². The second-order valence-electron chi connectivity index (χ2n) is 8.88. The number of nitrogens with zero attached hydrogens (tertiary/aromatic N) is 4. The molecule has 32 heavy (non-hydrogen) atoms. The van der Waals surface area contributed by atoms with Crippen molar-refractivity contribution in [1.29, 1.82) is 0 Å². The second-order valence-corrected chi connectivity index (χ2v) is 8.88. The van der Waals surface area contributed by atoms with Crippen LogP contribution < -0.4 is 20.3 Å². The molecule has 0 saturated carbocycles. The SMILES string of the molecule is CN=C(NCc1ccccc1OC(C)(C)C)NCc1cccnc1N1CCN(C)CC1.I. The minimum Gasteiger partial charge on any atom is -0.488 e. The molecule has 2 aromatic rings. The van der Waals surface area contributed by atoms with E-state index in [0.29, 0.717) is 13.1 Å². The van der Waals surface area contributed by atoms with Crippen LogP contribution in [0.1, 0.15) is 31.9 Å². The van der Waals surface area contributed by atoms with Gasteiger partial charge in [-0.25, -0.2) is 4.98 Å². The number of ether oxygens (including phenoxy) is 1. The van der Waals surface area contributed by atoms with E-state index < -0.39 is 0 Å². The van der Waals surface area contributed by atoms with Crippen LogP contribution in [0.25, 0.3) is 0 Å². The molecule has 1 aromatic carbocycles. The Hall–Kier alpha value is -2.07. The molecule has 0 unspecified atom stereocenters. The predicted octanol–water partition coefficient (Wildman–Crippen LogP) is 3.49. The molecule has 176 valence electrons. The number of pyridine rings is 1. The summed E-state index contributed by atoms with van der Waals surface area (Å²) in [6.45, 7) is 11.6. The molecule has 0 radical (unpaired) electrons. The van der Waals surface area contributed by atoms with Crippen LogP contribution in [0, 0.1) is 0 Å². The van der Waals surface area contributed by atoms with Gasteiger partial charge in [-0.3, -0.25) is 4.99 Å². The van der Waals surface area contributed by atoms with E-state index in [-0.39, 0.29) is 29.6 Å². The monoisotopic (exact) mass is 552 g/mol. The lowest BCUT2D eigenvalue weighted by molar-refractivity contribution is 0.129. The molecular formula is C24H37IN6O. The van der Waals surface area contributed by atoms with E-state index in [1.807, 2.05) is 30.5 Å². The minimum absolute atomic E-state index is 0. The third-order valence-electron chi connectivity index (χ3n) is 5.18. The van der Waals surface area contributed by atoms with Gasteiger partial charge in [-0.2, -0.15) is 0 Å². The molecular weight excluding hydrogens is 515 g/mol. The number of guanidine groups is 1. The highest BCUT2D eigenvalue weighted by Crippen LogP contribution is 2.23. The van der Waals surface area contributed by atoms with Gasteiger partial charge in [-0.15, -0.1) is 24.0 Å². The number of benzene rings is 1. The van der Waals surface area contributed by atoms with Crippen molar-refractivity contribution >= 4 is 35.8 Å². The summed E-state index contributed by atoms with van der Waals surface area (Å²) >= 11 is 0. The number of piperazine rings is 1. The first-order valence-electron chi connectivity index (χ1n) is 10.9. The number of para-hydroxylation sites is 1. The number of hydrogen-bond acceptors (Lipinski definition) is 5. The van der Waals surface area contributed by atoms with E-state index in [1.54, 1.807) is 7.05 Å². The predicted molar refractivity (Wildman–Crippen MR) is 143 cm³/mol. The normalized spacial score (nSPS) is 15.2. The number of aliphatic imine (C=N–C) groups is 1. The van der Waals surface area contributed by atoms with E-state index in [2.05, 4.69) is 70.4 Å². The molecule has 1 saturated heterocycles. The molecule has 1 aliphatic rings. The number of rotatable bonds is 6. The quantitative estimate of drug-likeness (QED) is 0.325. The molecule has 3 rings (SSSR count). The van der Waals surface area contributed by atoms with Crippen LogP contribution in [-0.4, -0.2) is 61.7 Å². The summed E-state index contributed by atoms with van der Waals surface area (Å²) in [5, 5.41) is 6.84. The Morgan fingerprint density at radius 3 is 2.28 bits per heavy atom. The van der Waals surface area contributed by atoms with Crippen LogP contribution in [0.15, 0.2) is 47.6 Å². The first-order chi connectivity index (χ1) is 14.9. The molecule has 1 fully saturated rings. The largest absolute Gasteiger partial charge is 0.488 e. The van der Waals surface area contributed by atoms with Gasteiger partial charge < -0.3 is 25.2 Å². The maximum atomic E-state index is 6.10. The maximum Gasteiger partial charge on any atom is 0.191 e. The summed E-state index contributed by atoms with van der Waals surface area (Å²) in [5.74, 6) is 2.70. The smallest absolute Gasteiger partial charge is 0.191 e. The Morgan fingerprint density at radius 2 is 1.62 bits per heavy atom. The Bertz CT molecular complexity index is 875. The molecule has 0 amide bonds. The first kappa shape index (κ1) is 26.2. The fraction of sp³-hybridized carbons (Fsp3) is 0.500. The molecule has 2 N–H and O–H groups in total. The molecule has 8 heteroatoms. The van der Waals surface area contributed by atoms with Gasteiger partial charge in [0.25, 0.3) is 0 Å². The van der Waals surface area contributed by atoms with Gasteiger partial charge in [0, 0.05) is 63.6 Å². The van der Waals surface area contributed by atoms with Gasteiger partial charge in [0.05, 0.1) is 0 Å². The van der Waals surface area contributed by atoms with E-state index >= 15 is 0 Å². The first-order valence-corrected chi connectivity index (χ1v) is 10.9. The van der Waals surface area contributed by atoms with Gasteiger partial charge in [-0.05, 0) is 40.0 Å². The fourth-order valence-corrected chi connectivity index (χ4v) is 3.53. The van der Waals surface area contributed by atoms with E-state index in [0.717, 1.165) is 49.3 Å². The lowest BCUT2D eigenvalue weighted by atomic mass is 10.1. The van der Waals surface area contributed by atoms with Crippen LogP contribution in [0.4, 0.5) is 5.82 Å². The fourth-order valence-electron chi connectivity index (χ4n) is 3.53. The molecule has 1 aliphatic heterocycles. The van der Waals surface area contributed by atoms with Crippen molar-refractivity contribution in [3.05, 3.63) is 53.7 Å². The third-order valence-corrected chi connectivity index (χ3v) is 5.18. The zero-order valence-electron chi connectivity index (χ0n) is 19.9. The Kier molecular flexibility index (Phi) is 10.0. The van der Waals surface area contributed by atoms with Crippen molar-refractivity contribution in [3.63, 3.8) is 0 Å². The van der Waals surface area contributed by atoms with Crippen molar-refractivity contribution in [1.82, 2.24) is 20.5 Å². The molecule has 0 bridgehead atoms. The molecule has 7 nitrogen and oxygen atoms in total.